The molecule has 2 heterocycles. The third-order valence-corrected chi connectivity index (χ3v) is 6.47. The molecule has 2 aliphatic heterocycles. The van der Waals surface area contributed by atoms with Gasteiger partial charge in [-0.05, 0) is 42.5 Å². The van der Waals surface area contributed by atoms with Crippen LogP contribution in [0.1, 0.15) is 22.3 Å². The highest BCUT2D eigenvalue weighted by Crippen LogP contribution is 2.27. The van der Waals surface area contributed by atoms with E-state index in [4.69, 9.17) is 0 Å². The van der Waals surface area contributed by atoms with Crippen molar-refractivity contribution in [3.63, 3.8) is 0 Å². The Morgan fingerprint density at radius 3 is 2.12 bits per heavy atom. The van der Waals surface area contributed by atoms with Crippen molar-refractivity contribution in [3.8, 4) is 0 Å². The number of hydrogen-bond donors (Lipinski definition) is 0. The van der Waals surface area contributed by atoms with Crippen molar-refractivity contribution in [1.29, 1.82) is 0 Å². The number of rotatable bonds is 5. The molecule has 1 atom stereocenters. The van der Waals surface area contributed by atoms with Gasteiger partial charge >= 0.3 is 0 Å². The van der Waals surface area contributed by atoms with Crippen LogP contribution in [0, 0.1) is 5.82 Å². The van der Waals surface area contributed by atoms with Gasteiger partial charge in [-0.25, -0.2) is 9.29 Å². The lowest BCUT2D eigenvalue weighted by Crippen LogP contribution is -2.52. The van der Waals surface area contributed by atoms with E-state index in [9.17, 15) is 18.8 Å². The van der Waals surface area contributed by atoms with Crippen LogP contribution in [0.2, 0.25) is 0 Å². The molecule has 5 rings (SSSR count). The zero-order chi connectivity index (χ0) is 23.7. The summed E-state index contributed by atoms with van der Waals surface area (Å²) >= 11 is 0. The Morgan fingerprint density at radius 2 is 1.44 bits per heavy atom. The Kier molecular flexibility index (Phi) is 5.94. The number of amides is 2. The first kappa shape index (κ1) is 22.0. The molecule has 0 aliphatic carbocycles. The number of halogens is 1. The van der Waals surface area contributed by atoms with Crippen molar-refractivity contribution in [2.75, 3.05) is 36.0 Å². The van der Waals surface area contributed by atoms with E-state index in [1.807, 2.05) is 47.4 Å². The first-order valence-corrected chi connectivity index (χ1v) is 11.3. The smallest absolute Gasteiger partial charge is 0.251 e. The van der Waals surface area contributed by atoms with Crippen LogP contribution >= 0.6 is 0 Å². The summed E-state index contributed by atoms with van der Waals surface area (Å²) in [6.45, 7) is 2.66. The standard InChI is InChI=1S/C27H24FN3O3/c28-21-7-4-8-23(17-21)31-25(32)18-24(27(31)34)30-15-13-29(14-16-30)22-11-9-20(10-12-22)26(33)19-5-2-1-3-6-19/h1-12,17,24H,13-16,18H2. The summed E-state index contributed by atoms with van der Waals surface area (Å²) in [5.74, 6) is -1.09. The van der Waals surface area contributed by atoms with Gasteiger partial charge in [0.2, 0.25) is 5.91 Å². The number of hydrogen-bond acceptors (Lipinski definition) is 5. The van der Waals surface area contributed by atoms with Gasteiger partial charge < -0.3 is 4.90 Å². The van der Waals surface area contributed by atoms with Crippen LogP contribution in [0.4, 0.5) is 15.8 Å². The number of carbonyl (C=O) groups is 3. The number of piperazine rings is 1. The van der Waals surface area contributed by atoms with E-state index in [0.29, 0.717) is 37.3 Å². The number of benzene rings is 3. The van der Waals surface area contributed by atoms with Gasteiger partial charge in [-0.3, -0.25) is 19.3 Å². The van der Waals surface area contributed by atoms with Crippen LogP contribution in [0.15, 0.2) is 78.9 Å². The number of carbonyl (C=O) groups excluding carboxylic acids is 3. The normalized spacial score (nSPS) is 19.0. The Hall–Kier alpha value is -3.84. The highest BCUT2D eigenvalue weighted by Gasteiger charge is 2.43. The lowest BCUT2D eigenvalue weighted by atomic mass is 10.0. The molecular formula is C27H24FN3O3. The summed E-state index contributed by atoms with van der Waals surface area (Å²) < 4.78 is 13.6. The minimum Gasteiger partial charge on any atom is -0.369 e. The SMILES string of the molecule is O=C(c1ccccc1)c1ccc(N2CCN(C3CC(=O)N(c4cccc(F)c4)C3=O)CC2)cc1. The topological polar surface area (TPSA) is 60.9 Å². The highest BCUT2D eigenvalue weighted by molar-refractivity contribution is 6.22. The van der Waals surface area contributed by atoms with Gasteiger partial charge in [0, 0.05) is 43.0 Å². The molecule has 0 N–H and O–H groups in total. The molecule has 0 spiro atoms. The third-order valence-electron chi connectivity index (χ3n) is 6.47. The fraction of sp³-hybridized carbons (Fsp3) is 0.222. The van der Waals surface area contributed by atoms with E-state index in [-0.39, 0.29) is 29.7 Å². The number of imide groups is 1. The summed E-state index contributed by atoms with van der Waals surface area (Å²) in [4.78, 5) is 43.5. The molecule has 3 aromatic rings. The lowest BCUT2D eigenvalue weighted by Gasteiger charge is -2.38. The van der Waals surface area contributed by atoms with Crippen LogP contribution in [0.25, 0.3) is 0 Å². The molecule has 7 heteroatoms. The molecule has 3 aromatic carbocycles. The minimum atomic E-state index is -0.524. The van der Waals surface area contributed by atoms with Crippen molar-refractivity contribution < 1.29 is 18.8 Å². The molecule has 2 saturated heterocycles. The molecular weight excluding hydrogens is 433 g/mol. The van der Waals surface area contributed by atoms with E-state index in [2.05, 4.69) is 4.90 Å². The summed E-state index contributed by atoms with van der Waals surface area (Å²) in [6, 6.07) is 21.8. The second-order valence-electron chi connectivity index (χ2n) is 8.53. The van der Waals surface area contributed by atoms with Crippen molar-refractivity contribution >= 4 is 29.0 Å². The second-order valence-corrected chi connectivity index (χ2v) is 8.53. The predicted octanol–water partition coefficient (Wildman–Crippen LogP) is 3.51. The van der Waals surface area contributed by atoms with Gasteiger partial charge in [-0.2, -0.15) is 0 Å². The third kappa shape index (κ3) is 4.22. The molecule has 34 heavy (non-hydrogen) atoms. The molecule has 0 radical (unpaired) electrons. The van der Waals surface area contributed by atoms with Crippen molar-refractivity contribution in [2.45, 2.75) is 12.5 Å². The number of ketones is 1. The Balaban J connectivity index is 1.22. The predicted molar refractivity (Wildman–Crippen MR) is 127 cm³/mol. The van der Waals surface area contributed by atoms with Crippen LogP contribution < -0.4 is 9.80 Å². The highest BCUT2D eigenvalue weighted by atomic mass is 19.1. The van der Waals surface area contributed by atoms with E-state index in [1.165, 1.54) is 18.2 Å². The average Bonchev–Trinajstić information content (AvgIpc) is 3.18. The molecule has 0 saturated carbocycles. The fourth-order valence-electron chi connectivity index (χ4n) is 4.66. The molecule has 2 fully saturated rings. The molecule has 2 amide bonds. The minimum absolute atomic E-state index is 0.00997. The van der Waals surface area contributed by atoms with E-state index >= 15 is 0 Å². The molecule has 6 nitrogen and oxygen atoms in total. The summed E-state index contributed by atoms with van der Waals surface area (Å²) in [7, 11) is 0. The maximum Gasteiger partial charge on any atom is 0.251 e. The maximum atomic E-state index is 13.6. The number of nitrogens with zero attached hydrogens (tertiary/aromatic N) is 3. The first-order chi connectivity index (χ1) is 16.5. The molecule has 0 bridgehead atoms. The molecule has 1 unspecified atom stereocenters. The maximum absolute atomic E-state index is 13.6. The van der Waals surface area contributed by atoms with Gasteiger partial charge in [-0.1, -0.05) is 36.4 Å². The monoisotopic (exact) mass is 457 g/mol. The Labute approximate surface area is 197 Å². The lowest BCUT2D eigenvalue weighted by molar-refractivity contribution is -0.123. The van der Waals surface area contributed by atoms with Crippen molar-refractivity contribution in [3.05, 3.63) is 95.8 Å². The van der Waals surface area contributed by atoms with Gasteiger partial charge in [0.05, 0.1) is 18.2 Å². The largest absolute Gasteiger partial charge is 0.369 e. The average molecular weight is 458 g/mol. The van der Waals surface area contributed by atoms with Crippen LogP contribution in [-0.2, 0) is 9.59 Å². The van der Waals surface area contributed by atoms with Gasteiger partial charge in [0.15, 0.2) is 5.78 Å². The second kappa shape index (κ2) is 9.19. The van der Waals surface area contributed by atoms with E-state index < -0.39 is 11.9 Å². The van der Waals surface area contributed by atoms with Crippen molar-refractivity contribution in [1.82, 2.24) is 4.90 Å². The molecule has 0 aromatic heterocycles. The Morgan fingerprint density at radius 1 is 0.765 bits per heavy atom. The van der Waals surface area contributed by atoms with Crippen molar-refractivity contribution in [2.24, 2.45) is 0 Å². The number of anilines is 2. The van der Waals surface area contributed by atoms with Crippen LogP contribution in [-0.4, -0.2) is 54.7 Å². The van der Waals surface area contributed by atoms with Crippen LogP contribution in [0.5, 0.6) is 0 Å². The van der Waals surface area contributed by atoms with E-state index in [1.54, 1.807) is 18.2 Å². The Bertz CT molecular complexity index is 1220. The fourth-order valence-corrected chi connectivity index (χ4v) is 4.66. The summed E-state index contributed by atoms with van der Waals surface area (Å²) in [5.41, 5.74) is 2.59. The molecule has 172 valence electrons. The van der Waals surface area contributed by atoms with Gasteiger partial charge in [-0.15, -0.1) is 0 Å². The zero-order valence-electron chi connectivity index (χ0n) is 18.6. The quantitative estimate of drug-likeness (QED) is 0.434. The zero-order valence-corrected chi connectivity index (χ0v) is 18.6. The van der Waals surface area contributed by atoms with E-state index in [0.717, 1.165) is 10.6 Å². The summed E-state index contributed by atoms with van der Waals surface area (Å²) in [5, 5.41) is 0. The summed E-state index contributed by atoms with van der Waals surface area (Å²) in [6.07, 6.45) is 0.103. The molecule has 2 aliphatic rings. The van der Waals surface area contributed by atoms with Gasteiger partial charge in [0.1, 0.15) is 5.82 Å². The first-order valence-electron chi connectivity index (χ1n) is 11.3. The van der Waals surface area contributed by atoms with Crippen LogP contribution in [0.3, 0.4) is 0 Å². The van der Waals surface area contributed by atoms with Gasteiger partial charge in [0.25, 0.3) is 5.91 Å².